The zero-order chi connectivity index (χ0) is 10.8. The van der Waals surface area contributed by atoms with Gasteiger partial charge < -0.3 is 10.6 Å². The van der Waals surface area contributed by atoms with Gasteiger partial charge >= 0.3 is 0 Å². The Labute approximate surface area is 89.9 Å². The number of nitrogen functional groups attached to an aromatic ring is 1. The van der Waals surface area contributed by atoms with Gasteiger partial charge in [0.25, 0.3) is 0 Å². The van der Waals surface area contributed by atoms with Crippen LogP contribution in [0.1, 0.15) is 31.4 Å². The maximum atomic E-state index is 11.4. The molecule has 0 saturated carbocycles. The number of hydrogen-bond acceptors (Lipinski definition) is 2. The van der Waals surface area contributed by atoms with E-state index >= 15 is 0 Å². The number of para-hydroxylation sites is 1. The summed E-state index contributed by atoms with van der Waals surface area (Å²) in [5.41, 5.74) is 7.80. The van der Waals surface area contributed by atoms with Crippen molar-refractivity contribution in [1.82, 2.24) is 4.90 Å². The van der Waals surface area contributed by atoms with E-state index in [1.165, 1.54) is 0 Å². The highest BCUT2D eigenvalue weighted by molar-refractivity contribution is 5.74. The lowest BCUT2D eigenvalue weighted by atomic mass is 10.0. The standard InChI is InChI=1S/C12H16N2O/c1-9(15)14-8-4-7-12(14)10-5-2-3-6-11(10)13/h2-3,5-6,12H,4,7-8,13H2,1H3. The van der Waals surface area contributed by atoms with Crippen molar-refractivity contribution in [1.29, 1.82) is 0 Å². The van der Waals surface area contributed by atoms with Crippen LogP contribution in [0.25, 0.3) is 0 Å². The van der Waals surface area contributed by atoms with Crippen LogP contribution in [0.4, 0.5) is 5.69 Å². The minimum Gasteiger partial charge on any atom is -0.398 e. The van der Waals surface area contributed by atoms with Gasteiger partial charge in [-0.05, 0) is 24.5 Å². The van der Waals surface area contributed by atoms with Crippen LogP contribution in [0.2, 0.25) is 0 Å². The van der Waals surface area contributed by atoms with Crippen molar-refractivity contribution in [2.24, 2.45) is 0 Å². The van der Waals surface area contributed by atoms with Gasteiger partial charge in [0.05, 0.1) is 6.04 Å². The van der Waals surface area contributed by atoms with Gasteiger partial charge in [-0.25, -0.2) is 0 Å². The molecular weight excluding hydrogens is 188 g/mol. The number of benzene rings is 1. The third kappa shape index (κ3) is 1.82. The molecule has 0 spiro atoms. The van der Waals surface area contributed by atoms with Crippen LogP contribution in [-0.2, 0) is 4.79 Å². The van der Waals surface area contributed by atoms with E-state index in [0.29, 0.717) is 0 Å². The summed E-state index contributed by atoms with van der Waals surface area (Å²) < 4.78 is 0. The van der Waals surface area contributed by atoms with Gasteiger partial charge in [0.1, 0.15) is 0 Å². The molecule has 1 atom stereocenters. The second kappa shape index (κ2) is 3.93. The van der Waals surface area contributed by atoms with Crippen LogP contribution in [0.5, 0.6) is 0 Å². The van der Waals surface area contributed by atoms with Crippen molar-refractivity contribution in [3.05, 3.63) is 29.8 Å². The number of anilines is 1. The highest BCUT2D eigenvalue weighted by atomic mass is 16.2. The van der Waals surface area contributed by atoms with Crippen LogP contribution in [0, 0.1) is 0 Å². The Hall–Kier alpha value is -1.51. The molecule has 1 aliphatic rings. The van der Waals surface area contributed by atoms with Crippen LogP contribution in [0.15, 0.2) is 24.3 Å². The molecule has 1 fully saturated rings. The number of amides is 1. The van der Waals surface area contributed by atoms with Gasteiger partial charge in [0.2, 0.25) is 5.91 Å². The summed E-state index contributed by atoms with van der Waals surface area (Å²) in [4.78, 5) is 13.3. The Morgan fingerprint density at radius 3 is 2.87 bits per heavy atom. The molecule has 2 rings (SSSR count). The number of carbonyl (C=O) groups excluding carboxylic acids is 1. The lowest BCUT2D eigenvalue weighted by molar-refractivity contribution is -0.129. The van der Waals surface area contributed by atoms with E-state index in [0.717, 1.165) is 30.6 Å². The first kappa shape index (κ1) is 10.0. The predicted octanol–water partition coefficient (Wildman–Crippen LogP) is 1.95. The number of carbonyl (C=O) groups is 1. The summed E-state index contributed by atoms with van der Waals surface area (Å²) in [6.07, 6.45) is 2.09. The van der Waals surface area contributed by atoms with E-state index in [-0.39, 0.29) is 11.9 Å². The zero-order valence-electron chi connectivity index (χ0n) is 8.94. The molecule has 3 heteroatoms. The summed E-state index contributed by atoms with van der Waals surface area (Å²) in [7, 11) is 0. The predicted molar refractivity (Wildman–Crippen MR) is 60.2 cm³/mol. The maximum absolute atomic E-state index is 11.4. The van der Waals surface area contributed by atoms with Crippen molar-refractivity contribution in [3.63, 3.8) is 0 Å². The van der Waals surface area contributed by atoms with Gasteiger partial charge in [-0.3, -0.25) is 4.79 Å². The number of nitrogens with zero attached hydrogens (tertiary/aromatic N) is 1. The molecule has 1 heterocycles. The Morgan fingerprint density at radius 1 is 1.47 bits per heavy atom. The Balaban J connectivity index is 2.30. The Kier molecular flexibility index (Phi) is 2.62. The second-order valence-corrected chi connectivity index (χ2v) is 4.00. The van der Waals surface area contributed by atoms with Crippen molar-refractivity contribution >= 4 is 11.6 Å². The quantitative estimate of drug-likeness (QED) is 0.711. The molecule has 2 N–H and O–H groups in total. The number of hydrogen-bond donors (Lipinski definition) is 1. The largest absolute Gasteiger partial charge is 0.398 e. The number of nitrogens with two attached hydrogens (primary N) is 1. The summed E-state index contributed by atoms with van der Waals surface area (Å²) in [5, 5.41) is 0. The van der Waals surface area contributed by atoms with Crippen LogP contribution in [0.3, 0.4) is 0 Å². The van der Waals surface area contributed by atoms with Crippen molar-refractivity contribution in [2.45, 2.75) is 25.8 Å². The molecule has 1 aromatic rings. The molecule has 80 valence electrons. The SMILES string of the molecule is CC(=O)N1CCCC1c1ccccc1N. The third-order valence-electron chi connectivity index (χ3n) is 3.01. The molecule has 0 aromatic heterocycles. The first-order valence-corrected chi connectivity index (χ1v) is 5.32. The van der Waals surface area contributed by atoms with Crippen molar-refractivity contribution in [3.8, 4) is 0 Å². The monoisotopic (exact) mass is 204 g/mol. The minimum atomic E-state index is 0.140. The van der Waals surface area contributed by atoms with Gasteiger partial charge in [-0.15, -0.1) is 0 Å². The van der Waals surface area contributed by atoms with E-state index in [1.807, 2.05) is 29.2 Å². The molecule has 1 saturated heterocycles. The summed E-state index contributed by atoms with van der Waals surface area (Å²) in [6.45, 7) is 2.48. The average Bonchev–Trinajstić information content (AvgIpc) is 2.67. The van der Waals surface area contributed by atoms with E-state index in [9.17, 15) is 4.79 Å². The highest BCUT2D eigenvalue weighted by Gasteiger charge is 2.28. The first-order valence-electron chi connectivity index (χ1n) is 5.32. The first-order chi connectivity index (χ1) is 7.20. The van der Waals surface area contributed by atoms with E-state index < -0.39 is 0 Å². The van der Waals surface area contributed by atoms with Crippen LogP contribution < -0.4 is 5.73 Å². The van der Waals surface area contributed by atoms with Crippen molar-refractivity contribution in [2.75, 3.05) is 12.3 Å². The van der Waals surface area contributed by atoms with Gasteiger partial charge in [-0.1, -0.05) is 18.2 Å². The topological polar surface area (TPSA) is 46.3 Å². The lowest BCUT2D eigenvalue weighted by Crippen LogP contribution is -2.28. The average molecular weight is 204 g/mol. The molecule has 1 amide bonds. The minimum absolute atomic E-state index is 0.140. The molecule has 1 unspecified atom stereocenters. The fourth-order valence-corrected chi connectivity index (χ4v) is 2.28. The smallest absolute Gasteiger partial charge is 0.219 e. The molecule has 3 nitrogen and oxygen atoms in total. The lowest BCUT2D eigenvalue weighted by Gasteiger charge is -2.24. The molecule has 0 aliphatic carbocycles. The van der Waals surface area contributed by atoms with Crippen LogP contribution >= 0.6 is 0 Å². The molecule has 1 aromatic carbocycles. The van der Waals surface area contributed by atoms with Gasteiger partial charge in [-0.2, -0.15) is 0 Å². The second-order valence-electron chi connectivity index (χ2n) is 4.00. The number of likely N-dealkylation sites (tertiary alicyclic amines) is 1. The Bertz CT molecular complexity index is 376. The van der Waals surface area contributed by atoms with Gasteiger partial charge in [0, 0.05) is 19.2 Å². The molecule has 0 bridgehead atoms. The van der Waals surface area contributed by atoms with Crippen LogP contribution in [-0.4, -0.2) is 17.4 Å². The highest BCUT2D eigenvalue weighted by Crippen LogP contribution is 2.34. The van der Waals surface area contributed by atoms with E-state index in [4.69, 9.17) is 5.73 Å². The summed E-state index contributed by atoms with van der Waals surface area (Å²) >= 11 is 0. The summed E-state index contributed by atoms with van der Waals surface area (Å²) in [5.74, 6) is 0.140. The fraction of sp³-hybridized carbons (Fsp3) is 0.417. The van der Waals surface area contributed by atoms with Gasteiger partial charge in [0.15, 0.2) is 0 Å². The fourth-order valence-electron chi connectivity index (χ4n) is 2.28. The molecule has 15 heavy (non-hydrogen) atoms. The maximum Gasteiger partial charge on any atom is 0.219 e. The third-order valence-corrected chi connectivity index (χ3v) is 3.01. The molecular formula is C12H16N2O. The molecule has 0 radical (unpaired) electrons. The van der Waals surface area contributed by atoms with E-state index in [2.05, 4.69) is 0 Å². The zero-order valence-corrected chi connectivity index (χ0v) is 8.94. The van der Waals surface area contributed by atoms with E-state index in [1.54, 1.807) is 6.92 Å². The Morgan fingerprint density at radius 2 is 2.20 bits per heavy atom. The van der Waals surface area contributed by atoms with Crippen molar-refractivity contribution < 1.29 is 4.79 Å². The summed E-state index contributed by atoms with van der Waals surface area (Å²) in [6, 6.07) is 7.99. The molecule has 1 aliphatic heterocycles. The number of rotatable bonds is 1. The normalized spacial score (nSPS) is 20.6.